The van der Waals surface area contributed by atoms with Crippen LogP contribution in [0.5, 0.6) is 0 Å². The number of carbonyl (C=O) groups excluding carboxylic acids is 1. The Hall–Kier alpha value is -3.46. The molecule has 0 fully saturated rings. The van der Waals surface area contributed by atoms with E-state index in [1.54, 1.807) is 12.1 Å². The van der Waals surface area contributed by atoms with Gasteiger partial charge in [-0.15, -0.1) is 0 Å². The Morgan fingerprint density at radius 2 is 0.816 bits per heavy atom. The van der Waals surface area contributed by atoms with Crippen LogP contribution in [0, 0.1) is 0 Å². The minimum absolute atomic E-state index is 0.0440. The van der Waals surface area contributed by atoms with Gasteiger partial charge >= 0.3 is 5.97 Å². The highest BCUT2D eigenvalue weighted by Crippen LogP contribution is 2.31. The van der Waals surface area contributed by atoms with Crippen LogP contribution in [0.3, 0.4) is 0 Å². The van der Waals surface area contributed by atoms with Crippen molar-refractivity contribution in [2.24, 2.45) is 0 Å². The maximum absolute atomic E-state index is 14.4. The molecule has 3 heteroatoms. The molecule has 3 aromatic rings. The Bertz CT molecular complexity index is 1370. The number of ketones is 1. The second-order valence-corrected chi connectivity index (χ2v) is 14.0. The van der Waals surface area contributed by atoms with Crippen molar-refractivity contribution in [1.29, 1.82) is 0 Å². The van der Waals surface area contributed by atoms with Crippen LogP contribution < -0.4 is 0 Å². The number of hydrogen-bond donors (Lipinski definition) is 1. The Morgan fingerprint density at radius 3 is 1.24 bits per heavy atom. The van der Waals surface area contributed by atoms with Gasteiger partial charge in [0.05, 0.1) is 5.57 Å². The number of benzene rings is 3. The first kappa shape index (κ1) is 40.0. The van der Waals surface area contributed by atoms with E-state index in [4.69, 9.17) is 0 Å². The van der Waals surface area contributed by atoms with E-state index in [9.17, 15) is 14.7 Å². The summed E-state index contributed by atoms with van der Waals surface area (Å²) in [6.45, 7) is 4.54. The number of aryl methyl sites for hydroxylation is 2. The number of carboxylic acid groups (broad SMARTS) is 1. The van der Waals surface area contributed by atoms with Gasteiger partial charge in [0.25, 0.3) is 0 Å². The van der Waals surface area contributed by atoms with Crippen molar-refractivity contribution in [3.63, 3.8) is 0 Å². The molecule has 0 saturated carbocycles. The van der Waals surface area contributed by atoms with Gasteiger partial charge in [-0.05, 0) is 54.0 Å². The molecule has 0 aliphatic rings. The first-order valence-corrected chi connectivity index (χ1v) is 19.8. The number of unbranched alkanes of at least 4 members (excludes halogenated alkanes) is 18. The molecule has 0 aromatic heterocycles. The SMILES string of the molecule is CCCCCCCCCCCCc1ccc(C(=O)C(=C(C(=O)O)c2ccccc2)c2ccccc2)cc1CCCCCCCCCCCC. The van der Waals surface area contributed by atoms with Gasteiger partial charge in [0.15, 0.2) is 5.78 Å². The number of hydrogen-bond acceptors (Lipinski definition) is 2. The number of carbonyl (C=O) groups is 2. The topological polar surface area (TPSA) is 54.4 Å². The molecule has 0 spiro atoms. The van der Waals surface area contributed by atoms with Crippen LogP contribution >= 0.6 is 0 Å². The minimum atomic E-state index is -1.10. The fraction of sp³-hybridized carbons (Fsp3) is 0.522. The van der Waals surface area contributed by atoms with Crippen molar-refractivity contribution < 1.29 is 14.7 Å². The minimum Gasteiger partial charge on any atom is -0.478 e. The number of allylic oxidation sites excluding steroid dienone is 1. The van der Waals surface area contributed by atoms with E-state index in [1.807, 2.05) is 54.6 Å². The zero-order valence-corrected chi connectivity index (χ0v) is 30.8. The van der Waals surface area contributed by atoms with Gasteiger partial charge < -0.3 is 5.11 Å². The predicted molar refractivity (Wildman–Crippen MR) is 209 cm³/mol. The fourth-order valence-electron chi connectivity index (χ4n) is 6.97. The lowest BCUT2D eigenvalue weighted by molar-refractivity contribution is -0.130. The van der Waals surface area contributed by atoms with Gasteiger partial charge in [-0.25, -0.2) is 4.79 Å². The van der Waals surface area contributed by atoms with Crippen LogP contribution in [0.25, 0.3) is 11.1 Å². The lowest BCUT2D eigenvalue weighted by Crippen LogP contribution is -2.12. The molecule has 3 aromatic carbocycles. The number of rotatable bonds is 27. The van der Waals surface area contributed by atoms with Gasteiger partial charge in [-0.3, -0.25) is 4.79 Å². The molecular formula is C46H64O3. The fourth-order valence-corrected chi connectivity index (χ4v) is 6.97. The maximum Gasteiger partial charge on any atom is 0.337 e. The third kappa shape index (κ3) is 14.9. The van der Waals surface area contributed by atoms with Crippen LogP contribution in [-0.4, -0.2) is 16.9 Å². The average molecular weight is 665 g/mol. The molecule has 0 aliphatic heterocycles. The second-order valence-electron chi connectivity index (χ2n) is 14.0. The summed E-state index contributed by atoms with van der Waals surface area (Å²) in [4.78, 5) is 27.1. The number of Topliss-reactive ketones (excluding diaryl/α,β-unsaturated/α-hetero) is 1. The molecule has 0 radical (unpaired) electrons. The molecule has 49 heavy (non-hydrogen) atoms. The van der Waals surface area contributed by atoms with E-state index < -0.39 is 5.97 Å². The van der Waals surface area contributed by atoms with Gasteiger partial charge in [0, 0.05) is 11.1 Å². The van der Waals surface area contributed by atoms with Gasteiger partial charge in [-0.2, -0.15) is 0 Å². The quantitative estimate of drug-likeness (QED) is 0.0382. The van der Waals surface area contributed by atoms with Crippen molar-refractivity contribution >= 4 is 22.9 Å². The number of carboxylic acids is 1. The van der Waals surface area contributed by atoms with E-state index in [0.29, 0.717) is 16.7 Å². The maximum atomic E-state index is 14.4. The molecule has 0 unspecified atom stereocenters. The Kier molecular flexibility index (Phi) is 20.1. The standard InChI is InChI=1S/C46H64O3/c1-3-5-7-9-11-13-15-17-19-23-29-38-35-36-42(37-41(38)34-24-20-18-16-14-12-10-8-6-4-2)45(47)43(39-30-25-21-26-31-39)44(46(48)49)40-32-27-22-28-33-40/h21-22,25-28,30-33,35-37H,3-20,23-24,29,34H2,1-2H3,(H,48,49). The summed E-state index contributed by atoms with van der Waals surface area (Å²) in [6.07, 6.45) is 28.1. The Balaban J connectivity index is 1.75. The second kappa shape index (κ2) is 24.6. The van der Waals surface area contributed by atoms with Crippen molar-refractivity contribution in [2.45, 2.75) is 155 Å². The van der Waals surface area contributed by atoms with Gasteiger partial charge in [0.1, 0.15) is 0 Å². The van der Waals surface area contributed by atoms with E-state index in [2.05, 4.69) is 26.0 Å². The third-order valence-corrected chi connectivity index (χ3v) is 9.88. The lowest BCUT2D eigenvalue weighted by atomic mass is 9.87. The first-order chi connectivity index (χ1) is 24.1. The predicted octanol–water partition coefficient (Wildman–Crippen LogP) is 13.5. The molecule has 0 amide bonds. The van der Waals surface area contributed by atoms with E-state index in [0.717, 1.165) is 19.3 Å². The molecule has 266 valence electrons. The molecule has 0 saturated heterocycles. The number of aliphatic carboxylic acids is 1. The summed E-state index contributed by atoms with van der Waals surface area (Å²) < 4.78 is 0. The van der Waals surface area contributed by atoms with Crippen LogP contribution in [0.4, 0.5) is 0 Å². The summed E-state index contributed by atoms with van der Waals surface area (Å²) >= 11 is 0. The van der Waals surface area contributed by atoms with Crippen LogP contribution in [0.15, 0.2) is 78.9 Å². The third-order valence-electron chi connectivity index (χ3n) is 9.88. The monoisotopic (exact) mass is 664 g/mol. The highest BCUT2D eigenvalue weighted by Gasteiger charge is 2.25. The smallest absolute Gasteiger partial charge is 0.337 e. The highest BCUT2D eigenvalue weighted by molar-refractivity contribution is 6.42. The van der Waals surface area contributed by atoms with Gasteiger partial charge in [-0.1, -0.05) is 202 Å². The van der Waals surface area contributed by atoms with Gasteiger partial charge in [0.2, 0.25) is 0 Å². The van der Waals surface area contributed by atoms with Crippen molar-refractivity contribution in [1.82, 2.24) is 0 Å². The lowest BCUT2D eigenvalue weighted by Gasteiger charge is -2.16. The summed E-state index contributed by atoms with van der Waals surface area (Å²) in [7, 11) is 0. The summed E-state index contributed by atoms with van der Waals surface area (Å²) in [5.41, 5.74) is 4.62. The van der Waals surface area contributed by atoms with Crippen molar-refractivity contribution in [3.8, 4) is 0 Å². The first-order valence-electron chi connectivity index (χ1n) is 19.8. The molecule has 3 nitrogen and oxygen atoms in total. The summed E-state index contributed by atoms with van der Waals surface area (Å²) in [6, 6.07) is 24.5. The van der Waals surface area contributed by atoms with Crippen LogP contribution in [0.1, 0.15) is 175 Å². The Labute approximate surface area is 298 Å². The van der Waals surface area contributed by atoms with Crippen LogP contribution in [-0.2, 0) is 17.6 Å². The molecule has 0 bridgehead atoms. The zero-order valence-electron chi connectivity index (χ0n) is 30.8. The van der Waals surface area contributed by atoms with E-state index in [-0.39, 0.29) is 16.9 Å². The molecule has 0 heterocycles. The molecular weight excluding hydrogens is 601 g/mol. The zero-order chi connectivity index (χ0) is 34.9. The van der Waals surface area contributed by atoms with Crippen LogP contribution in [0.2, 0.25) is 0 Å². The van der Waals surface area contributed by atoms with E-state index in [1.165, 1.54) is 133 Å². The molecule has 3 rings (SSSR count). The normalized spacial score (nSPS) is 11.8. The van der Waals surface area contributed by atoms with Crippen molar-refractivity contribution in [3.05, 3.63) is 107 Å². The Morgan fingerprint density at radius 1 is 0.429 bits per heavy atom. The molecule has 1 N–H and O–H groups in total. The molecule has 0 aliphatic carbocycles. The largest absolute Gasteiger partial charge is 0.478 e. The van der Waals surface area contributed by atoms with E-state index >= 15 is 0 Å². The summed E-state index contributed by atoms with van der Waals surface area (Å²) in [5.74, 6) is -1.33. The molecule has 0 atom stereocenters. The summed E-state index contributed by atoms with van der Waals surface area (Å²) in [5, 5.41) is 10.4. The highest BCUT2D eigenvalue weighted by atomic mass is 16.4. The van der Waals surface area contributed by atoms with Crippen molar-refractivity contribution in [2.75, 3.05) is 0 Å². The average Bonchev–Trinajstić information content (AvgIpc) is 3.12.